The Morgan fingerprint density at radius 1 is 0.842 bits per heavy atom. The zero-order valence-corrected chi connectivity index (χ0v) is 14.3. The summed E-state index contributed by atoms with van der Waals surface area (Å²) in [6.45, 7) is 19.5. The minimum Gasteiger partial charge on any atom is -0.261 e. The van der Waals surface area contributed by atoms with E-state index in [1.807, 2.05) is 19.1 Å². The van der Waals surface area contributed by atoms with E-state index in [9.17, 15) is 0 Å². The van der Waals surface area contributed by atoms with Gasteiger partial charge in [0.2, 0.25) is 0 Å². The summed E-state index contributed by atoms with van der Waals surface area (Å²) in [5.41, 5.74) is 3.74. The molecule has 0 saturated carbocycles. The summed E-state index contributed by atoms with van der Waals surface area (Å²) < 4.78 is 0. The Kier molecular flexibility index (Phi) is 6.48. The zero-order chi connectivity index (χ0) is 15.3. The minimum atomic E-state index is 0.0524. The summed E-state index contributed by atoms with van der Waals surface area (Å²) in [5.74, 6) is 0. The molecule has 0 aliphatic carbocycles. The van der Waals surface area contributed by atoms with Gasteiger partial charge in [0.1, 0.15) is 0 Å². The fourth-order valence-electron chi connectivity index (χ4n) is 1.57. The number of rotatable bonds is 3. The summed E-state index contributed by atoms with van der Waals surface area (Å²) in [4.78, 5) is 4.92. The van der Waals surface area contributed by atoms with Gasteiger partial charge in [0, 0.05) is 16.8 Å². The quantitative estimate of drug-likeness (QED) is 0.440. The van der Waals surface area contributed by atoms with Gasteiger partial charge < -0.3 is 0 Å². The van der Waals surface area contributed by atoms with E-state index in [1.54, 1.807) is 0 Å². The first kappa shape index (κ1) is 17.9. The van der Waals surface area contributed by atoms with Crippen LogP contribution in [0.15, 0.2) is 40.6 Å². The van der Waals surface area contributed by atoms with E-state index in [2.05, 4.69) is 67.5 Å². The molecule has 19 heavy (non-hydrogen) atoms. The topological polar surface area (TPSA) is 12.4 Å². The van der Waals surface area contributed by atoms with Crippen molar-refractivity contribution in [1.82, 2.24) is 0 Å². The fourth-order valence-corrected chi connectivity index (χ4v) is 1.57. The van der Waals surface area contributed by atoms with Crippen LogP contribution < -0.4 is 0 Å². The van der Waals surface area contributed by atoms with E-state index in [0.717, 1.165) is 0 Å². The maximum absolute atomic E-state index is 4.92. The van der Waals surface area contributed by atoms with E-state index >= 15 is 0 Å². The Hall–Kier alpha value is -1.11. The third kappa shape index (κ3) is 6.56. The van der Waals surface area contributed by atoms with Crippen LogP contribution in [0.5, 0.6) is 0 Å². The minimum absolute atomic E-state index is 0.0524. The molecule has 0 aliphatic heterocycles. The molecule has 0 bridgehead atoms. The molecule has 1 heteroatoms. The molecule has 0 unspecified atom stereocenters. The summed E-state index contributed by atoms with van der Waals surface area (Å²) in [7, 11) is 0. The second-order valence-electron chi connectivity index (χ2n) is 7.11. The molecule has 0 N–H and O–H groups in total. The predicted octanol–water partition coefficient (Wildman–Crippen LogP) is 5.95. The molecule has 0 fully saturated rings. The molecular weight excluding hydrogens is 230 g/mol. The smallest absolute Gasteiger partial charge is 0.0485 e. The van der Waals surface area contributed by atoms with Gasteiger partial charge in [-0.05, 0) is 31.8 Å². The number of aliphatic imine (C=N–C) groups is 1. The van der Waals surface area contributed by atoms with Gasteiger partial charge in [-0.15, -0.1) is 0 Å². The number of nitrogens with zero attached hydrogens (tertiary/aromatic N) is 1. The van der Waals surface area contributed by atoms with Crippen LogP contribution in [-0.2, 0) is 0 Å². The highest BCUT2D eigenvalue weighted by Crippen LogP contribution is 2.31. The summed E-state index contributed by atoms with van der Waals surface area (Å²) >= 11 is 0. The average molecular weight is 261 g/mol. The average Bonchev–Trinajstić information content (AvgIpc) is 2.22. The zero-order valence-electron chi connectivity index (χ0n) is 14.3. The lowest BCUT2D eigenvalue weighted by molar-refractivity contribution is 0.490. The van der Waals surface area contributed by atoms with Crippen molar-refractivity contribution >= 4 is 5.71 Å². The second kappa shape index (κ2) is 6.88. The summed E-state index contributed by atoms with van der Waals surface area (Å²) in [5, 5.41) is 0. The van der Waals surface area contributed by atoms with Gasteiger partial charge in [-0.3, -0.25) is 4.99 Å². The number of hydrogen-bond donors (Lipinski definition) is 0. The van der Waals surface area contributed by atoms with E-state index in [0.29, 0.717) is 0 Å². The molecule has 0 atom stereocenters. The molecule has 0 aromatic heterocycles. The molecular formula is C18H31N. The van der Waals surface area contributed by atoms with Gasteiger partial charge >= 0.3 is 0 Å². The highest BCUT2D eigenvalue weighted by Gasteiger charge is 2.21. The van der Waals surface area contributed by atoms with Crippen molar-refractivity contribution < 1.29 is 0 Å². The molecule has 108 valence electrons. The third-order valence-electron chi connectivity index (χ3n) is 3.10. The van der Waals surface area contributed by atoms with Gasteiger partial charge in [0.05, 0.1) is 0 Å². The van der Waals surface area contributed by atoms with Crippen molar-refractivity contribution in [2.75, 3.05) is 0 Å². The second-order valence-corrected chi connectivity index (χ2v) is 7.11. The Morgan fingerprint density at radius 2 is 1.37 bits per heavy atom. The Bertz CT molecular complexity index is 404. The highest BCUT2D eigenvalue weighted by atomic mass is 14.8. The highest BCUT2D eigenvalue weighted by molar-refractivity contribution is 5.87. The fraction of sp³-hybridized carbons (Fsp3) is 0.611. The third-order valence-corrected chi connectivity index (χ3v) is 3.10. The van der Waals surface area contributed by atoms with Crippen LogP contribution in [0, 0.1) is 10.8 Å². The first-order chi connectivity index (χ1) is 8.50. The van der Waals surface area contributed by atoms with Crippen LogP contribution in [0.2, 0.25) is 0 Å². The molecule has 0 aliphatic rings. The van der Waals surface area contributed by atoms with Crippen LogP contribution in [0.4, 0.5) is 0 Å². The van der Waals surface area contributed by atoms with E-state index in [4.69, 9.17) is 4.99 Å². The molecule has 0 aromatic carbocycles. The van der Waals surface area contributed by atoms with Gasteiger partial charge in [0.25, 0.3) is 0 Å². The van der Waals surface area contributed by atoms with Crippen molar-refractivity contribution in [2.45, 2.75) is 62.3 Å². The molecule has 0 aromatic rings. The van der Waals surface area contributed by atoms with Crippen LogP contribution in [0.25, 0.3) is 0 Å². The largest absolute Gasteiger partial charge is 0.261 e. The van der Waals surface area contributed by atoms with Gasteiger partial charge in [-0.25, -0.2) is 0 Å². The van der Waals surface area contributed by atoms with Crippen LogP contribution in [0.1, 0.15) is 62.3 Å². The maximum atomic E-state index is 4.92. The maximum Gasteiger partial charge on any atom is 0.0485 e. The SMILES string of the molecule is C\C=C/C=C\C(C)=C(\N=C(/C)C(C)(C)C)C(C)(C)C. The molecule has 0 amide bonds. The van der Waals surface area contributed by atoms with Gasteiger partial charge in [0.15, 0.2) is 0 Å². The van der Waals surface area contributed by atoms with Crippen LogP contribution >= 0.6 is 0 Å². The Balaban J connectivity index is 5.67. The van der Waals surface area contributed by atoms with Crippen LogP contribution in [0.3, 0.4) is 0 Å². The first-order valence-corrected chi connectivity index (χ1v) is 7.06. The molecule has 0 heterocycles. The first-order valence-electron chi connectivity index (χ1n) is 7.06. The molecule has 0 radical (unpaired) electrons. The van der Waals surface area contributed by atoms with Crippen molar-refractivity contribution in [1.29, 1.82) is 0 Å². The normalized spacial score (nSPS) is 16.4. The van der Waals surface area contributed by atoms with E-state index in [1.165, 1.54) is 17.0 Å². The van der Waals surface area contributed by atoms with E-state index in [-0.39, 0.29) is 10.8 Å². The lowest BCUT2D eigenvalue weighted by atomic mass is 9.87. The number of hydrogen-bond acceptors (Lipinski definition) is 1. The monoisotopic (exact) mass is 261 g/mol. The lowest BCUT2D eigenvalue weighted by Gasteiger charge is -2.25. The number of allylic oxidation sites excluding steroid dienone is 6. The summed E-state index contributed by atoms with van der Waals surface area (Å²) in [6.07, 6.45) is 8.29. The molecule has 1 nitrogen and oxygen atoms in total. The molecule has 0 rings (SSSR count). The Labute approximate surface area is 120 Å². The standard InChI is InChI=1S/C18H31N/c1-10-11-12-13-14(2)16(18(7,8)9)19-15(3)17(4,5)6/h10-13H,1-9H3/b11-10-,13-12-,16-14+,19-15+. The summed E-state index contributed by atoms with van der Waals surface area (Å²) in [6, 6.07) is 0. The molecule has 0 spiro atoms. The van der Waals surface area contributed by atoms with Crippen molar-refractivity contribution in [3.63, 3.8) is 0 Å². The predicted molar refractivity (Wildman–Crippen MR) is 88.7 cm³/mol. The van der Waals surface area contributed by atoms with Crippen molar-refractivity contribution in [2.24, 2.45) is 15.8 Å². The van der Waals surface area contributed by atoms with Crippen molar-refractivity contribution in [3.8, 4) is 0 Å². The van der Waals surface area contributed by atoms with Gasteiger partial charge in [-0.2, -0.15) is 0 Å². The van der Waals surface area contributed by atoms with Crippen molar-refractivity contribution in [3.05, 3.63) is 35.6 Å². The molecule has 0 saturated heterocycles. The lowest BCUT2D eigenvalue weighted by Crippen LogP contribution is -2.19. The van der Waals surface area contributed by atoms with E-state index < -0.39 is 0 Å². The van der Waals surface area contributed by atoms with Crippen LogP contribution in [-0.4, -0.2) is 5.71 Å². The van der Waals surface area contributed by atoms with Gasteiger partial charge in [-0.1, -0.05) is 65.8 Å². The Morgan fingerprint density at radius 3 is 1.74 bits per heavy atom.